The first kappa shape index (κ1) is 14.4. The smallest absolute Gasteiger partial charge is 0.271 e. The zero-order valence-corrected chi connectivity index (χ0v) is 13.3. The molecule has 0 saturated heterocycles. The molecule has 0 spiro atoms. The average Bonchev–Trinajstić information content (AvgIpc) is 3.17. The van der Waals surface area contributed by atoms with E-state index in [9.17, 15) is 4.79 Å². The highest BCUT2D eigenvalue weighted by Gasteiger charge is 2.10. The van der Waals surface area contributed by atoms with E-state index in [2.05, 4.69) is 20.3 Å². The number of nitrogens with one attached hydrogen (secondary N) is 2. The first-order valence-corrected chi connectivity index (χ1v) is 7.86. The van der Waals surface area contributed by atoms with E-state index in [-0.39, 0.29) is 5.91 Å². The third-order valence-electron chi connectivity index (χ3n) is 3.93. The topological polar surface area (TPSA) is 75.1 Å². The van der Waals surface area contributed by atoms with Crippen LogP contribution in [0.5, 0.6) is 0 Å². The lowest BCUT2D eigenvalue weighted by Gasteiger charge is -2.00. The Morgan fingerprint density at radius 1 is 1.25 bits per heavy atom. The van der Waals surface area contributed by atoms with Crippen LogP contribution in [0.25, 0.3) is 16.7 Å². The molecule has 3 heterocycles. The summed E-state index contributed by atoms with van der Waals surface area (Å²) in [6.45, 7) is 2.51. The van der Waals surface area contributed by atoms with Crippen molar-refractivity contribution in [1.29, 1.82) is 0 Å². The summed E-state index contributed by atoms with van der Waals surface area (Å²) >= 11 is 0. The number of aromatic nitrogens is 4. The van der Waals surface area contributed by atoms with Crippen molar-refractivity contribution in [3.05, 3.63) is 65.9 Å². The largest absolute Gasteiger partial charge is 0.350 e. The fourth-order valence-electron chi connectivity index (χ4n) is 2.70. The van der Waals surface area contributed by atoms with Gasteiger partial charge in [-0.15, -0.1) is 0 Å². The molecule has 24 heavy (non-hydrogen) atoms. The predicted molar refractivity (Wildman–Crippen MR) is 92.1 cm³/mol. The van der Waals surface area contributed by atoms with Crippen molar-refractivity contribution in [2.45, 2.75) is 13.3 Å². The molecule has 6 nitrogen and oxygen atoms in total. The number of pyridine rings is 1. The van der Waals surface area contributed by atoms with Gasteiger partial charge in [-0.25, -0.2) is 9.97 Å². The second-order valence-electron chi connectivity index (χ2n) is 5.80. The lowest BCUT2D eigenvalue weighted by Crippen LogP contribution is -2.26. The molecule has 6 heteroatoms. The van der Waals surface area contributed by atoms with E-state index in [0.717, 1.165) is 28.1 Å². The number of carbonyl (C=O) groups is 1. The molecule has 0 saturated carbocycles. The van der Waals surface area contributed by atoms with E-state index >= 15 is 0 Å². The highest BCUT2D eigenvalue weighted by Crippen LogP contribution is 2.10. The van der Waals surface area contributed by atoms with Gasteiger partial charge in [0.1, 0.15) is 17.2 Å². The monoisotopic (exact) mass is 319 g/mol. The summed E-state index contributed by atoms with van der Waals surface area (Å²) in [4.78, 5) is 24.4. The van der Waals surface area contributed by atoms with Crippen LogP contribution in [0.1, 0.15) is 21.9 Å². The van der Waals surface area contributed by atoms with E-state index in [1.165, 1.54) is 0 Å². The van der Waals surface area contributed by atoms with Crippen LogP contribution in [-0.4, -0.2) is 31.8 Å². The van der Waals surface area contributed by atoms with Crippen molar-refractivity contribution in [1.82, 2.24) is 24.7 Å². The molecule has 3 aromatic heterocycles. The first-order chi connectivity index (χ1) is 11.7. The number of para-hydroxylation sites is 2. The molecule has 0 aliphatic rings. The fourth-order valence-corrected chi connectivity index (χ4v) is 2.70. The van der Waals surface area contributed by atoms with Gasteiger partial charge in [0.15, 0.2) is 0 Å². The SMILES string of the molecule is Cc1ccn2cc(C(=O)NCCc3nc4ccccc4[nH]3)nc2c1. The number of H-pyrrole nitrogens is 1. The Hall–Kier alpha value is -3.15. The molecule has 0 aliphatic heterocycles. The van der Waals surface area contributed by atoms with Gasteiger partial charge in [-0.2, -0.15) is 0 Å². The van der Waals surface area contributed by atoms with E-state index in [4.69, 9.17) is 0 Å². The maximum absolute atomic E-state index is 12.2. The van der Waals surface area contributed by atoms with Crippen molar-refractivity contribution in [3.8, 4) is 0 Å². The first-order valence-electron chi connectivity index (χ1n) is 7.86. The third-order valence-corrected chi connectivity index (χ3v) is 3.93. The Balaban J connectivity index is 1.41. The van der Waals surface area contributed by atoms with Gasteiger partial charge in [0.25, 0.3) is 5.91 Å². The number of hydrogen-bond acceptors (Lipinski definition) is 3. The van der Waals surface area contributed by atoms with Gasteiger partial charge in [0.2, 0.25) is 0 Å². The van der Waals surface area contributed by atoms with Gasteiger partial charge in [-0.3, -0.25) is 4.79 Å². The molecular weight excluding hydrogens is 302 g/mol. The molecule has 1 aromatic carbocycles. The summed E-state index contributed by atoms with van der Waals surface area (Å²) in [6.07, 6.45) is 4.29. The molecule has 0 fully saturated rings. The second-order valence-corrected chi connectivity index (χ2v) is 5.80. The van der Waals surface area contributed by atoms with Crippen molar-refractivity contribution in [2.75, 3.05) is 6.54 Å². The minimum absolute atomic E-state index is 0.174. The lowest BCUT2D eigenvalue weighted by molar-refractivity contribution is 0.0949. The standard InChI is InChI=1S/C18H17N5O/c1-12-7-9-23-11-15(22-17(23)10-12)18(24)19-8-6-16-20-13-4-2-3-5-14(13)21-16/h2-5,7,9-11H,6,8H2,1H3,(H,19,24)(H,20,21). The highest BCUT2D eigenvalue weighted by molar-refractivity contribution is 5.92. The van der Waals surface area contributed by atoms with Crippen molar-refractivity contribution in [2.24, 2.45) is 0 Å². The zero-order chi connectivity index (χ0) is 16.5. The number of rotatable bonds is 4. The zero-order valence-electron chi connectivity index (χ0n) is 13.3. The fraction of sp³-hybridized carbons (Fsp3) is 0.167. The second kappa shape index (κ2) is 5.81. The number of carbonyl (C=O) groups excluding carboxylic acids is 1. The number of aromatic amines is 1. The molecule has 0 bridgehead atoms. The van der Waals surface area contributed by atoms with Gasteiger partial charge >= 0.3 is 0 Å². The number of hydrogen-bond donors (Lipinski definition) is 2. The summed E-state index contributed by atoms with van der Waals surface area (Å²) in [5, 5.41) is 2.89. The van der Waals surface area contributed by atoms with Crippen LogP contribution in [0.4, 0.5) is 0 Å². The molecule has 0 unspecified atom stereocenters. The summed E-state index contributed by atoms with van der Waals surface area (Å²) in [6, 6.07) is 11.8. The van der Waals surface area contributed by atoms with E-state index < -0.39 is 0 Å². The Labute approximate surface area is 138 Å². The van der Waals surface area contributed by atoms with Crippen LogP contribution in [0.2, 0.25) is 0 Å². The highest BCUT2D eigenvalue weighted by atomic mass is 16.1. The van der Waals surface area contributed by atoms with Gasteiger partial charge in [0.05, 0.1) is 11.0 Å². The van der Waals surface area contributed by atoms with Crippen molar-refractivity contribution in [3.63, 3.8) is 0 Å². The van der Waals surface area contributed by atoms with E-state index in [0.29, 0.717) is 18.7 Å². The van der Waals surface area contributed by atoms with Gasteiger partial charge in [-0.1, -0.05) is 12.1 Å². The van der Waals surface area contributed by atoms with E-state index in [1.807, 2.05) is 53.9 Å². The molecule has 2 N–H and O–H groups in total. The summed E-state index contributed by atoms with van der Waals surface area (Å²) < 4.78 is 1.85. The molecule has 4 aromatic rings. The average molecular weight is 319 g/mol. The Bertz CT molecular complexity index is 997. The van der Waals surface area contributed by atoms with E-state index in [1.54, 1.807) is 6.20 Å². The van der Waals surface area contributed by atoms with Crippen molar-refractivity contribution < 1.29 is 4.79 Å². The molecule has 4 rings (SSSR count). The number of aryl methyl sites for hydroxylation is 1. The molecular formula is C18H17N5O. The minimum Gasteiger partial charge on any atom is -0.350 e. The van der Waals surface area contributed by atoms with Crippen molar-refractivity contribution >= 4 is 22.6 Å². The summed E-state index contributed by atoms with van der Waals surface area (Å²) in [5.74, 6) is 0.689. The maximum Gasteiger partial charge on any atom is 0.271 e. The van der Waals surface area contributed by atoms with Crippen LogP contribution in [0.3, 0.4) is 0 Å². The van der Waals surface area contributed by atoms with Crippen LogP contribution in [-0.2, 0) is 6.42 Å². The third kappa shape index (κ3) is 2.74. The molecule has 0 atom stereocenters. The van der Waals surface area contributed by atoms with Gasteiger partial charge in [0, 0.05) is 25.4 Å². The number of benzene rings is 1. The predicted octanol–water partition coefficient (Wildman–Crippen LogP) is 2.49. The summed E-state index contributed by atoms with van der Waals surface area (Å²) in [5.41, 5.74) is 4.26. The Morgan fingerprint density at radius 2 is 2.12 bits per heavy atom. The van der Waals surface area contributed by atoms with Crippen LogP contribution >= 0.6 is 0 Å². The van der Waals surface area contributed by atoms with Crippen LogP contribution < -0.4 is 5.32 Å². The van der Waals surface area contributed by atoms with Crippen LogP contribution in [0, 0.1) is 6.92 Å². The molecule has 0 aliphatic carbocycles. The number of fused-ring (bicyclic) bond motifs is 2. The number of nitrogens with zero attached hydrogens (tertiary/aromatic N) is 3. The Morgan fingerprint density at radius 3 is 3.00 bits per heavy atom. The van der Waals surface area contributed by atoms with Gasteiger partial charge < -0.3 is 14.7 Å². The molecule has 120 valence electrons. The molecule has 0 radical (unpaired) electrons. The molecule has 1 amide bonds. The van der Waals surface area contributed by atoms with Crippen LogP contribution in [0.15, 0.2) is 48.8 Å². The minimum atomic E-state index is -0.174. The number of amides is 1. The normalized spacial score (nSPS) is 11.2. The quantitative estimate of drug-likeness (QED) is 0.607. The maximum atomic E-state index is 12.2. The lowest BCUT2D eigenvalue weighted by atomic mass is 10.3. The Kier molecular flexibility index (Phi) is 3.49. The van der Waals surface area contributed by atoms with Gasteiger partial charge in [-0.05, 0) is 36.8 Å². The summed E-state index contributed by atoms with van der Waals surface area (Å²) in [7, 11) is 0. The number of imidazole rings is 2.